The zero-order valence-corrected chi connectivity index (χ0v) is 22.2. The lowest BCUT2D eigenvalue weighted by molar-refractivity contribution is -0.120. The van der Waals surface area contributed by atoms with Crippen LogP contribution in [0.5, 0.6) is 5.75 Å². The number of nitrogens with one attached hydrogen (secondary N) is 2. The summed E-state index contributed by atoms with van der Waals surface area (Å²) in [5.41, 5.74) is 1.77. The lowest BCUT2D eigenvalue weighted by Crippen LogP contribution is -2.32. The van der Waals surface area contributed by atoms with Gasteiger partial charge in [-0.2, -0.15) is 0 Å². The Morgan fingerprint density at radius 1 is 0.897 bits per heavy atom. The second kappa shape index (κ2) is 11.8. The zero-order valence-electron chi connectivity index (χ0n) is 21.5. The van der Waals surface area contributed by atoms with Gasteiger partial charge in [0.1, 0.15) is 16.5 Å². The van der Waals surface area contributed by atoms with Crippen molar-refractivity contribution in [2.24, 2.45) is 0 Å². The van der Waals surface area contributed by atoms with Crippen LogP contribution >= 0.6 is 11.6 Å². The second-order valence-corrected chi connectivity index (χ2v) is 9.13. The number of imide groups is 1. The molecule has 0 atom stereocenters. The van der Waals surface area contributed by atoms with Gasteiger partial charge in [-0.05, 0) is 87.5 Å². The SMILES string of the molecule is CCOc1ccc(N2C(=O)C(Cl)=C(Nc3cccc(C(=O)Nc4ccc(C(=O)OC(C)C)cc4)c3)C2=O)cc1. The summed E-state index contributed by atoms with van der Waals surface area (Å²) in [6, 6.07) is 19.2. The van der Waals surface area contributed by atoms with Crippen molar-refractivity contribution in [3.63, 3.8) is 0 Å². The Morgan fingerprint density at radius 3 is 2.23 bits per heavy atom. The first-order valence-electron chi connectivity index (χ1n) is 12.2. The molecule has 2 N–H and O–H groups in total. The van der Waals surface area contributed by atoms with Gasteiger partial charge in [-0.1, -0.05) is 17.7 Å². The van der Waals surface area contributed by atoms with Gasteiger partial charge in [0, 0.05) is 16.9 Å². The molecule has 9 nitrogen and oxygen atoms in total. The quantitative estimate of drug-likeness (QED) is 0.274. The van der Waals surface area contributed by atoms with Crippen molar-refractivity contribution in [2.45, 2.75) is 26.9 Å². The monoisotopic (exact) mass is 547 g/mol. The molecule has 0 radical (unpaired) electrons. The highest BCUT2D eigenvalue weighted by Crippen LogP contribution is 2.31. The van der Waals surface area contributed by atoms with E-state index in [-0.39, 0.29) is 16.8 Å². The van der Waals surface area contributed by atoms with Crippen LogP contribution in [0.4, 0.5) is 17.1 Å². The van der Waals surface area contributed by atoms with Gasteiger partial charge < -0.3 is 20.1 Å². The number of ether oxygens (including phenoxy) is 2. The number of anilines is 3. The Morgan fingerprint density at radius 2 is 1.59 bits per heavy atom. The van der Waals surface area contributed by atoms with Crippen molar-refractivity contribution >= 4 is 52.4 Å². The first-order chi connectivity index (χ1) is 18.7. The van der Waals surface area contributed by atoms with E-state index in [2.05, 4.69) is 10.6 Å². The largest absolute Gasteiger partial charge is 0.494 e. The molecule has 0 bridgehead atoms. The Balaban J connectivity index is 1.45. The molecule has 0 saturated carbocycles. The number of amides is 3. The van der Waals surface area contributed by atoms with E-state index in [1.54, 1.807) is 80.6 Å². The van der Waals surface area contributed by atoms with Gasteiger partial charge in [0.15, 0.2) is 0 Å². The number of hydrogen-bond donors (Lipinski definition) is 2. The van der Waals surface area contributed by atoms with Crippen LogP contribution in [-0.4, -0.2) is 36.4 Å². The molecule has 3 aromatic carbocycles. The van der Waals surface area contributed by atoms with Gasteiger partial charge in [-0.15, -0.1) is 0 Å². The summed E-state index contributed by atoms with van der Waals surface area (Å²) in [6.45, 7) is 5.87. The second-order valence-electron chi connectivity index (χ2n) is 8.75. The minimum atomic E-state index is -0.664. The molecule has 0 fully saturated rings. The number of halogens is 1. The van der Waals surface area contributed by atoms with Crippen molar-refractivity contribution in [3.05, 3.63) is 94.7 Å². The maximum absolute atomic E-state index is 13.1. The molecule has 1 heterocycles. The molecule has 1 aliphatic rings. The highest BCUT2D eigenvalue weighted by molar-refractivity contribution is 6.53. The lowest BCUT2D eigenvalue weighted by atomic mass is 10.1. The van der Waals surface area contributed by atoms with E-state index < -0.39 is 23.7 Å². The number of esters is 1. The maximum Gasteiger partial charge on any atom is 0.338 e. The molecule has 0 unspecified atom stereocenters. The molecular formula is C29H26ClN3O6. The van der Waals surface area contributed by atoms with Gasteiger partial charge in [-0.25, -0.2) is 9.69 Å². The molecule has 10 heteroatoms. The molecule has 0 aliphatic carbocycles. The van der Waals surface area contributed by atoms with Crippen molar-refractivity contribution in [1.82, 2.24) is 0 Å². The molecular weight excluding hydrogens is 522 g/mol. The van der Waals surface area contributed by atoms with E-state index in [9.17, 15) is 19.2 Å². The third-order valence-electron chi connectivity index (χ3n) is 5.55. The van der Waals surface area contributed by atoms with Crippen LogP contribution in [-0.2, 0) is 14.3 Å². The molecule has 1 aliphatic heterocycles. The summed E-state index contributed by atoms with van der Waals surface area (Å²) < 4.78 is 10.6. The Labute approximate surface area is 230 Å². The number of hydrogen-bond acceptors (Lipinski definition) is 7. The molecule has 39 heavy (non-hydrogen) atoms. The fraction of sp³-hybridized carbons (Fsp3) is 0.172. The van der Waals surface area contributed by atoms with E-state index in [1.807, 2.05) is 6.92 Å². The molecule has 200 valence electrons. The van der Waals surface area contributed by atoms with Crippen LogP contribution in [0.15, 0.2) is 83.5 Å². The fourth-order valence-electron chi connectivity index (χ4n) is 3.76. The number of carbonyl (C=O) groups is 4. The third-order valence-corrected chi connectivity index (χ3v) is 5.90. The van der Waals surface area contributed by atoms with Crippen LogP contribution in [0, 0.1) is 0 Å². The van der Waals surface area contributed by atoms with Crippen LogP contribution in [0.25, 0.3) is 0 Å². The third kappa shape index (κ3) is 6.27. The van der Waals surface area contributed by atoms with Gasteiger partial charge >= 0.3 is 5.97 Å². The first-order valence-corrected chi connectivity index (χ1v) is 12.6. The Kier molecular flexibility index (Phi) is 8.31. The minimum Gasteiger partial charge on any atom is -0.494 e. The summed E-state index contributed by atoms with van der Waals surface area (Å²) in [5, 5.41) is 5.37. The predicted molar refractivity (Wildman–Crippen MR) is 148 cm³/mol. The zero-order chi connectivity index (χ0) is 28.1. The first kappa shape index (κ1) is 27.4. The van der Waals surface area contributed by atoms with Crippen molar-refractivity contribution in [2.75, 3.05) is 22.1 Å². The van der Waals surface area contributed by atoms with Crippen molar-refractivity contribution in [1.29, 1.82) is 0 Å². The molecule has 3 aromatic rings. The van der Waals surface area contributed by atoms with E-state index in [0.717, 1.165) is 4.90 Å². The van der Waals surface area contributed by atoms with Crippen LogP contribution in [0.3, 0.4) is 0 Å². The fourth-order valence-corrected chi connectivity index (χ4v) is 3.97. The predicted octanol–water partition coefficient (Wildman–Crippen LogP) is 5.34. The van der Waals surface area contributed by atoms with E-state index in [4.69, 9.17) is 21.1 Å². The Bertz CT molecular complexity index is 1450. The number of benzene rings is 3. The van der Waals surface area contributed by atoms with Gasteiger partial charge in [0.25, 0.3) is 17.7 Å². The topological polar surface area (TPSA) is 114 Å². The molecule has 3 amide bonds. The van der Waals surface area contributed by atoms with Crippen molar-refractivity contribution < 1.29 is 28.7 Å². The summed E-state index contributed by atoms with van der Waals surface area (Å²) in [5.74, 6) is -1.54. The van der Waals surface area contributed by atoms with E-state index in [1.165, 1.54) is 6.07 Å². The lowest BCUT2D eigenvalue weighted by Gasteiger charge is -2.16. The summed E-state index contributed by atoms with van der Waals surface area (Å²) in [4.78, 5) is 51.7. The van der Waals surface area contributed by atoms with E-state index in [0.29, 0.717) is 40.5 Å². The standard InChI is InChI=1S/C29H26ClN3O6/c1-4-38-23-14-12-22(13-15-23)33-27(35)24(30)25(28(33)36)31-21-7-5-6-19(16-21)26(34)32-20-10-8-18(9-11-20)29(37)39-17(2)3/h5-17,31H,4H2,1-3H3,(H,32,34). The number of rotatable bonds is 9. The molecule has 0 spiro atoms. The average molecular weight is 548 g/mol. The highest BCUT2D eigenvalue weighted by atomic mass is 35.5. The summed E-state index contributed by atoms with van der Waals surface area (Å²) >= 11 is 6.24. The smallest absolute Gasteiger partial charge is 0.338 e. The minimum absolute atomic E-state index is 0.100. The van der Waals surface area contributed by atoms with Crippen LogP contribution in [0.2, 0.25) is 0 Å². The number of carbonyl (C=O) groups excluding carboxylic acids is 4. The maximum atomic E-state index is 13.1. The van der Waals surface area contributed by atoms with Crippen molar-refractivity contribution in [3.8, 4) is 5.75 Å². The molecule has 4 rings (SSSR count). The average Bonchev–Trinajstić information content (AvgIpc) is 3.12. The van der Waals surface area contributed by atoms with Gasteiger partial charge in [0.2, 0.25) is 0 Å². The van der Waals surface area contributed by atoms with Gasteiger partial charge in [0.05, 0.1) is 24.0 Å². The van der Waals surface area contributed by atoms with Crippen LogP contribution in [0.1, 0.15) is 41.5 Å². The number of nitrogens with zero attached hydrogens (tertiary/aromatic N) is 1. The van der Waals surface area contributed by atoms with Crippen LogP contribution < -0.4 is 20.3 Å². The highest BCUT2D eigenvalue weighted by Gasteiger charge is 2.39. The van der Waals surface area contributed by atoms with Gasteiger partial charge in [-0.3, -0.25) is 14.4 Å². The van der Waals surface area contributed by atoms with E-state index >= 15 is 0 Å². The molecule has 0 aromatic heterocycles. The normalized spacial score (nSPS) is 13.1. The Hall–Kier alpha value is -4.63. The summed E-state index contributed by atoms with van der Waals surface area (Å²) in [7, 11) is 0. The molecule has 0 saturated heterocycles. The summed E-state index contributed by atoms with van der Waals surface area (Å²) in [6.07, 6.45) is -0.240.